The largest absolute Gasteiger partial charge is 0.330 e. The minimum absolute atomic E-state index is 0.743. The summed E-state index contributed by atoms with van der Waals surface area (Å²) in [6.45, 7) is 6.32. The van der Waals surface area contributed by atoms with Gasteiger partial charge < -0.3 is 4.98 Å². The van der Waals surface area contributed by atoms with Crippen molar-refractivity contribution < 1.29 is 0 Å². The number of nitrogens with one attached hydrogen (secondary N) is 1. The van der Waals surface area contributed by atoms with Crippen LogP contribution in [0.25, 0.3) is 16.7 Å². The highest BCUT2D eigenvalue weighted by molar-refractivity contribution is 7.71. The highest BCUT2D eigenvalue weighted by Gasteiger charge is 2.08. The standard InChI is InChI=1S/C16H16N2S/c1-10-4-6-14(12(3)8-10)18-15-7-5-11(2)9-13(15)17-16(18)19/h4-9H,1-3H3,(H,17,19). The summed E-state index contributed by atoms with van der Waals surface area (Å²) in [5.74, 6) is 0. The van der Waals surface area contributed by atoms with Crippen LogP contribution in [0.1, 0.15) is 16.7 Å². The summed E-state index contributed by atoms with van der Waals surface area (Å²) in [7, 11) is 0. The van der Waals surface area contributed by atoms with Gasteiger partial charge in [0, 0.05) is 0 Å². The van der Waals surface area contributed by atoms with Gasteiger partial charge in [-0.15, -0.1) is 0 Å². The van der Waals surface area contributed by atoms with E-state index >= 15 is 0 Å². The summed E-state index contributed by atoms with van der Waals surface area (Å²) in [6.07, 6.45) is 0. The molecule has 0 amide bonds. The van der Waals surface area contributed by atoms with Crippen molar-refractivity contribution in [2.45, 2.75) is 20.8 Å². The molecule has 0 unspecified atom stereocenters. The third-order valence-electron chi connectivity index (χ3n) is 3.43. The van der Waals surface area contributed by atoms with E-state index in [-0.39, 0.29) is 0 Å². The van der Waals surface area contributed by atoms with Gasteiger partial charge in [0.25, 0.3) is 0 Å². The molecule has 3 rings (SSSR count). The van der Waals surface area contributed by atoms with Crippen LogP contribution in [0.15, 0.2) is 36.4 Å². The second kappa shape index (κ2) is 4.35. The third-order valence-corrected chi connectivity index (χ3v) is 3.72. The van der Waals surface area contributed by atoms with E-state index in [0.29, 0.717) is 0 Å². The highest BCUT2D eigenvalue weighted by Crippen LogP contribution is 2.23. The molecule has 19 heavy (non-hydrogen) atoms. The topological polar surface area (TPSA) is 20.7 Å². The molecule has 1 aromatic heterocycles. The van der Waals surface area contributed by atoms with Gasteiger partial charge in [0.2, 0.25) is 0 Å². The number of benzene rings is 2. The second-order valence-corrected chi connectivity index (χ2v) is 5.46. The molecular formula is C16H16N2S. The molecule has 0 bridgehead atoms. The first-order chi connectivity index (χ1) is 9.06. The van der Waals surface area contributed by atoms with E-state index in [4.69, 9.17) is 12.2 Å². The Hall–Kier alpha value is -1.87. The molecule has 3 heteroatoms. The summed E-state index contributed by atoms with van der Waals surface area (Å²) >= 11 is 5.48. The summed E-state index contributed by atoms with van der Waals surface area (Å²) in [6, 6.07) is 12.8. The monoisotopic (exact) mass is 268 g/mol. The lowest BCUT2D eigenvalue weighted by atomic mass is 10.1. The number of H-pyrrole nitrogens is 1. The molecule has 0 aliphatic rings. The summed E-state index contributed by atoms with van der Waals surface area (Å²) in [4.78, 5) is 3.29. The van der Waals surface area contributed by atoms with E-state index in [2.05, 4.69) is 66.7 Å². The van der Waals surface area contributed by atoms with Gasteiger partial charge in [-0.3, -0.25) is 4.57 Å². The van der Waals surface area contributed by atoms with Gasteiger partial charge in [0.15, 0.2) is 4.77 Å². The summed E-state index contributed by atoms with van der Waals surface area (Å²) < 4.78 is 2.85. The van der Waals surface area contributed by atoms with Crippen molar-refractivity contribution in [3.05, 3.63) is 57.9 Å². The number of aromatic nitrogens is 2. The predicted octanol–water partition coefficient (Wildman–Crippen LogP) is 4.61. The number of aryl methyl sites for hydroxylation is 3. The van der Waals surface area contributed by atoms with Crippen molar-refractivity contribution >= 4 is 23.3 Å². The minimum atomic E-state index is 0.743. The van der Waals surface area contributed by atoms with Gasteiger partial charge in [-0.05, 0) is 62.3 Å². The number of aromatic amines is 1. The molecule has 0 spiro atoms. The molecule has 0 saturated heterocycles. The lowest BCUT2D eigenvalue weighted by Gasteiger charge is -2.09. The average Bonchev–Trinajstić information content (AvgIpc) is 2.65. The van der Waals surface area contributed by atoms with Crippen LogP contribution in [-0.4, -0.2) is 9.55 Å². The molecule has 96 valence electrons. The Morgan fingerprint density at radius 1 is 0.947 bits per heavy atom. The van der Waals surface area contributed by atoms with Crippen molar-refractivity contribution in [2.24, 2.45) is 0 Å². The van der Waals surface area contributed by atoms with E-state index in [1.165, 1.54) is 16.7 Å². The van der Waals surface area contributed by atoms with Crippen LogP contribution >= 0.6 is 12.2 Å². The molecule has 1 heterocycles. The Morgan fingerprint density at radius 3 is 2.37 bits per heavy atom. The maximum absolute atomic E-state index is 5.48. The molecule has 0 aliphatic heterocycles. The van der Waals surface area contributed by atoms with Gasteiger partial charge in [-0.1, -0.05) is 23.8 Å². The van der Waals surface area contributed by atoms with Crippen LogP contribution < -0.4 is 0 Å². The van der Waals surface area contributed by atoms with E-state index in [9.17, 15) is 0 Å². The van der Waals surface area contributed by atoms with Crippen LogP contribution in [0.2, 0.25) is 0 Å². The van der Waals surface area contributed by atoms with Crippen LogP contribution in [0.3, 0.4) is 0 Å². The first-order valence-corrected chi connectivity index (χ1v) is 6.76. The number of hydrogen-bond acceptors (Lipinski definition) is 1. The smallest absolute Gasteiger partial charge is 0.182 e. The van der Waals surface area contributed by atoms with Gasteiger partial charge in [0.1, 0.15) is 0 Å². The Labute approximate surface area is 117 Å². The minimum Gasteiger partial charge on any atom is -0.330 e. The van der Waals surface area contributed by atoms with Crippen molar-refractivity contribution in [3.8, 4) is 5.69 Å². The quantitative estimate of drug-likeness (QED) is 0.639. The third kappa shape index (κ3) is 2.00. The van der Waals surface area contributed by atoms with Crippen LogP contribution in [0.4, 0.5) is 0 Å². The van der Waals surface area contributed by atoms with Crippen LogP contribution in [0, 0.1) is 25.5 Å². The normalized spacial score (nSPS) is 11.1. The van der Waals surface area contributed by atoms with Gasteiger partial charge in [0.05, 0.1) is 16.7 Å². The number of hydrogen-bond donors (Lipinski definition) is 1. The predicted molar refractivity (Wildman–Crippen MR) is 82.7 cm³/mol. The van der Waals surface area contributed by atoms with Gasteiger partial charge >= 0.3 is 0 Å². The molecule has 2 aromatic carbocycles. The fourth-order valence-corrected chi connectivity index (χ4v) is 2.83. The molecule has 1 N–H and O–H groups in total. The molecule has 3 aromatic rings. The maximum Gasteiger partial charge on any atom is 0.182 e. The molecule has 0 radical (unpaired) electrons. The second-order valence-electron chi connectivity index (χ2n) is 5.08. The number of fused-ring (bicyclic) bond motifs is 1. The van der Waals surface area contributed by atoms with Crippen molar-refractivity contribution in [2.75, 3.05) is 0 Å². The first-order valence-electron chi connectivity index (χ1n) is 6.35. The Balaban J connectivity index is 2.36. The van der Waals surface area contributed by atoms with Gasteiger partial charge in [-0.25, -0.2) is 0 Å². The molecular weight excluding hydrogens is 252 g/mol. The molecule has 2 nitrogen and oxygen atoms in total. The van der Waals surface area contributed by atoms with E-state index in [1.807, 2.05) is 0 Å². The van der Waals surface area contributed by atoms with Crippen molar-refractivity contribution in [1.29, 1.82) is 0 Å². The Bertz CT molecular complexity index is 824. The zero-order chi connectivity index (χ0) is 13.6. The van der Waals surface area contributed by atoms with E-state index in [1.54, 1.807) is 0 Å². The fraction of sp³-hybridized carbons (Fsp3) is 0.188. The summed E-state index contributed by atoms with van der Waals surface area (Å²) in [5, 5.41) is 0. The van der Waals surface area contributed by atoms with Crippen molar-refractivity contribution in [3.63, 3.8) is 0 Å². The van der Waals surface area contributed by atoms with Gasteiger partial charge in [-0.2, -0.15) is 0 Å². The Morgan fingerprint density at radius 2 is 1.63 bits per heavy atom. The fourth-order valence-electron chi connectivity index (χ4n) is 2.52. The van der Waals surface area contributed by atoms with Crippen molar-refractivity contribution in [1.82, 2.24) is 9.55 Å². The average molecular weight is 268 g/mol. The maximum atomic E-state index is 5.48. The number of rotatable bonds is 1. The molecule has 0 saturated carbocycles. The highest BCUT2D eigenvalue weighted by atomic mass is 32.1. The molecule has 0 aliphatic carbocycles. The van der Waals surface area contributed by atoms with E-state index in [0.717, 1.165) is 21.5 Å². The summed E-state index contributed by atoms with van der Waals surface area (Å²) in [5.41, 5.74) is 7.09. The van der Waals surface area contributed by atoms with Crippen LogP contribution in [-0.2, 0) is 0 Å². The zero-order valence-corrected chi connectivity index (χ0v) is 12.1. The number of nitrogens with zero attached hydrogens (tertiary/aromatic N) is 1. The van der Waals surface area contributed by atoms with E-state index < -0.39 is 0 Å². The van der Waals surface area contributed by atoms with Crippen LogP contribution in [0.5, 0.6) is 0 Å². The lowest BCUT2D eigenvalue weighted by Crippen LogP contribution is -1.97. The molecule has 0 atom stereocenters. The Kier molecular flexibility index (Phi) is 2.79. The SMILES string of the molecule is Cc1ccc(-n2c(=S)[nH]c3cc(C)ccc32)c(C)c1. The zero-order valence-electron chi connectivity index (χ0n) is 11.3. The number of imidazole rings is 1. The first kappa shape index (κ1) is 12.2. The molecule has 0 fully saturated rings. The lowest BCUT2D eigenvalue weighted by molar-refractivity contribution is 1.05.